The molecular weight excluding hydrogens is 248 g/mol. The van der Waals surface area contributed by atoms with E-state index in [4.69, 9.17) is 5.73 Å². The van der Waals surface area contributed by atoms with Crippen molar-refractivity contribution < 1.29 is 8.78 Å². The van der Waals surface area contributed by atoms with Crippen molar-refractivity contribution in [2.75, 3.05) is 37.4 Å². The van der Waals surface area contributed by atoms with E-state index in [1.54, 1.807) is 12.1 Å². The molecule has 19 heavy (non-hydrogen) atoms. The number of nitrogens with two attached hydrogens (primary N) is 1. The van der Waals surface area contributed by atoms with Crippen LogP contribution < -0.4 is 11.1 Å². The van der Waals surface area contributed by atoms with Crippen LogP contribution in [0.2, 0.25) is 0 Å². The Morgan fingerprint density at radius 2 is 2.26 bits per heavy atom. The summed E-state index contributed by atoms with van der Waals surface area (Å²) >= 11 is 0. The van der Waals surface area contributed by atoms with Crippen LogP contribution in [0.1, 0.15) is 19.3 Å². The first-order chi connectivity index (χ1) is 9.19. The number of nitrogen functional groups attached to an aromatic ring is 1. The molecular formula is C14H21F2N3. The number of anilines is 2. The predicted molar refractivity (Wildman–Crippen MR) is 74.5 cm³/mol. The van der Waals surface area contributed by atoms with E-state index in [0.717, 1.165) is 38.2 Å². The lowest BCUT2D eigenvalue weighted by Gasteiger charge is -2.33. The summed E-state index contributed by atoms with van der Waals surface area (Å²) in [6, 6.07) is 5.08. The van der Waals surface area contributed by atoms with Crippen LogP contribution in [0.25, 0.3) is 0 Å². The number of rotatable bonds is 5. The van der Waals surface area contributed by atoms with E-state index >= 15 is 0 Å². The minimum Gasteiger partial charge on any atom is -0.396 e. The van der Waals surface area contributed by atoms with Crippen LogP contribution in [0.15, 0.2) is 18.2 Å². The lowest BCUT2D eigenvalue weighted by molar-refractivity contribution is 0.207. The maximum absolute atomic E-state index is 13.4. The SMILES string of the molecule is Nc1ccc(NC2CCCN(CCCF)C2)cc1F. The Balaban J connectivity index is 1.89. The Labute approximate surface area is 112 Å². The zero-order chi connectivity index (χ0) is 13.7. The Kier molecular flexibility index (Phi) is 4.96. The van der Waals surface area contributed by atoms with Gasteiger partial charge in [-0.3, -0.25) is 4.39 Å². The number of likely N-dealkylation sites (tertiary alicyclic amines) is 1. The zero-order valence-corrected chi connectivity index (χ0v) is 11.0. The molecule has 0 aliphatic carbocycles. The third-order valence-electron chi connectivity index (χ3n) is 3.48. The first-order valence-electron chi connectivity index (χ1n) is 6.79. The molecule has 1 aromatic carbocycles. The zero-order valence-electron chi connectivity index (χ0n) is 11.0. The van der Waals surface area contributed by atoms with Gasteiger partial charge >= 0.3 is 0 Å². The van der Waals surface area contributed by atoms with Crippen molar-refractivity contribution in [1.82, 2.24) is 4.90 Å². The lowest BCUT2D eigenvalue weighted by atomic mass is 10.0. The molecule has 3 nitrogen and oxygen atoms in total. The van der Waals surface area contributed by atoms with Crippen molar-refractivity contribution in [2.45, 2.75) is 25.3 Å². The van der Waals surface area contributed by atoms with E-state index in [1.165, 1.54) is 6.07 Å². The second kappa shape index (κ2) is 6.70. The average molecular weight is 269 g/mol. The molecule has 0 bridgehead atoms. The van der Waals surface area contributed by atoms with E-state index < -0.39 is 5.82 Å². The van der Waals surface area contributed by atoms with Gasteiger partial charge in [-0.1, -0.05) is 0 Å². The number of hydrogen-bond acceptors (Lipinski definition) is 3. The number of benzene rings is 1. The van der Waals surface area contributed by atoms with Crippen molar-refractivity contribution in [3.8, 4) is 0 Å². The number of halogens is 2. The third kappa shape index (κ3) is 4.06. The molecule has 2 rings (SSSR count). The number of piperidine rings is 1. The van der Waals surface area contributed by atoms with Gasteiger partial charge in [0.1, 0.15) is 5.82 Å². The normalized spacial score (nSPS) is 20.4. The maximum Gasteiger partial charge on any atom is 0.148 e. The molecule has 1 unspecified atom stereocenters. The highest BCUT2D eigenvalue weighted by Gasteiger charge is 2.19. The summed E-state index contributed by atoms with van der Waals surface area (Å²) in [5.41, 5.74) is 6.37. The Bertz CT molecular complexity index is 412. The summed E-state index contributed by atoms with van der Waals surface area (Å²) in [6.45, 7) is 2.43. The molecule has 0 spiro atoms. The number of nitrogens with one attached hydrogen (secondary N) is 1. The van der Waals surface area contributed by atoms with Gasteiger partial charge in [0, 0.05) is 24.8 Å². The summed E-state index contributed by atoms with van der Waals surface area (Å²) in [6.07, 6.45) is 2.72. The van der Waals surface area contributed by atoms with Gasteiger partial charge < -0.3 is 16.0 Å². The second-order valence-corrected chi connectivity index (χ2v) is 5.06. The van der Waals surface area contributed by atoms with Crippen LogP contribution >= 0.6 is 0 Å². The molecule has 1 atom stereocenters. The molecule has 1 fully saturated rings. The minimum absolute atomic E-state index is 0.166. The van der Waals surface area contributed by atoms with Crippen LogP contribution in [-0.4, -0.2) is 37.3 Å². The largest absolute Gasteiger partial charge is 0.396 e. The van der Waals surface area contributed by atoms with Crippen LogP contribution in [0.5, 0.6) is 0 Å². The summed E-state index contributed by atoms with van der Waals surface area (Å²) < 4.78 is 25.5. The number of nitrogens with zero attached hydrogens (tertiary/aromatic N) is 1. The summed E-state index contributed by atoms with van der Waals surface area (Å²) in [5, 5.41) is 3.32. The van der Waals surface area contributed by atoms with E-state index in [9.17, 15) is 8.78 Å². The fourth-order valence-electron chi connectivity index (χ4n) is 2.51. The van der Waals surface area contributed by atoms with Crippen LogP contribution in [0.4, 0.5) is 20.2 Å². The molecule has 0 radical (unpaired) electrons. The molecule has 1 saturated heterocycles. The van der Waals surface area contributed by atoms with Gasteiger partial charge in [-0.05, 0) is 44.0 Å². The van der Waals surface area contributed by atoms with Crippen LogP contribution in [0, 0.1) is 5.82 Å². The molecule has 0 aromatic heterocycles. The molecule has 106 valence electrons. The third-order valence-corrected chi connectivity index (χ3v) is 3.48. The van der Waals surface area contributed by atoms with Crippen molar-refractivity contribution >= 4 is 11.4 Å². The maximum atomic E-state index is 13.4. The second-order valence-electron chi connectivity index (χ2n) is 5.06. The topological polar surface area (TPSA) is 41.3 Å². The van der Waals surface area contributed by atoms with Gasteiger partial charge in [0.15, 0.2) is 0 Å². The smallest absolute Gasteiger partial charge is 0.148 e. The molecule has 3 N–H and O–H groups in total. The van der Waals surface area contributed by atoms with Gasteiger partial charge in [0.05, 0.1) is 12.4 Å². The number of hydrogen-bond donors (Lipinski definition) is 2. The predicted octanol–water partition coefficient (Wildman–Crippen LogP) is 2.64. The Morgan fingerprint density at radius 3 is 3.00 bits per heavy atom. The van der Waals surface area contributed by atoms with Crippen LogP contribution in [-0.2, 0) is 0 Å². The van der Waals surface area contributed by atoms with E-state index in [2.05, 4.69) is 10.2 Å². The first-order valence-corrected chi connectivity index (χ1v) is 6.79. The van der Waals surface area contributed by atoms with Gasteiger partial charge in [0.2, 0.25) is 0 Å². The molecule has 1 heterocycles. The monoisotopic (exact) mass is 269 g/mol. The highest BCUT2D eigenvalue weighted by molar-refractivity contribution is 5.52. The van der Waals surface area contributed by atoms with Crippen LogP contribution in [0.3, 0.4) is 0 Å². The summed E-state index contributed by atoms with van der Waals surface area (Å²) in [5.74, 6) is -0.393. The van der Waals surface area contributed by atoms with E-state index in [1.807, 2.05) is 0 Å². The standard InChI is InChI=1S/C14H21F2N3/c15-6-2-8-19-7-1-3-12(10-19)18-11-4-5-14(17)13(16)9-11/h4-5,9,12,18H,1-3,6-8,10,17H2. The summed E-state index contributed by atoms with van der Waals surface area (Å²) in [4.78, 5) is 2.26. The Hall–Kier alpha value is -1.36. The van der Waals surface area contributed by atoms with Crippen molar-refractivity contribution in [1.29, 1.82) is 0 Å². The highest BCUT2D eigenvalue weighted by atomic mass is 19.1. The molecule has 5 heteroatoms. The fraction of sp³-hybridized carbons (Fsp3) is 0.571. The van der Waals surface area contributed by atoms with Gasteiger partial charge in [0.25, 0.3) is 0 Å². The molecule has 1 aromatic rings. The van der Waals surface area contributed by atoms with Crippen molar-refractivity contribution in [2.24, 2.45) is 0 Å². The van der Waals surface area contributed by atoms with E-state index in [-0.39, 0.29) is 18.4 Å². The fourth-order valence-corrected chi connectivity index (χ4v) is 2.51. The molecule has 1 aliphatic heterocycles. The van der Waals surface area contributed by atoms with Gasteiger partial charge in [-0.2, -0.15) is 0 Å². The van der Waals surface area contributed by atoms with Gasteiger partial charge in [-0.25, -0.2) is 4.39 Å². The van der Waals surface area contributed by atoms with E-state index in [0.29, 0.717) is 6.42 Å². The average Bonchev–Trinajstić information content (AvgIpc) is 2.41. The van der Waals surface area contributed by atoms with Gasteiger partial charge in [-0.15, -0.1) is 0 Å². The van der Waals surface area contributed by atoms with Crippen molar-refractivity contribution in [3.63, 3.8) is 0 Å². The highest BCUT2D eigenvalue weighted by Crippen LogP contribution is 2.19. The Morgan fingerprint density at radius 1 is 1.42 bits per heavy atom. The molecule has 0 amide bonds. The number of alkyl halides is 1. The minimum atomic E-state index is -0.393. The first kappa shape index (κ1) is 14.1. The lowest BCUT2D eigenvalue weighted by Crippen LogP contribution is -2.42. The van der Waals surface area contributed by atoms with Crippen molar-refractivity contribution in [3.05, 3.63) is 24.0 Å². The molecule has 0 saturated carbocycles. The summed E-state index contributed by atoms with van der Waals surface area (Å²) in [7, 11) is 0. The molecule has 1 aliphatic rings. The quantitative estimate of drug-likeness (QED) is 0.807.